The minimum Gasteiger partial charge on any atom is -0.494 e. The third-order valence-corrected chi connectivity index (χ3v) is 5.59. The van der Waals surface area contributed by atoms with E-state index in [1.54, 1.807) is 11.3 Å². The van der Waals surface area contributed by atoms with E-state index in [9.17, 15) is 4.79 Å². The predicted molar refractivity (Wildman–Crippen MR) is 110 cm³/mol. The van der Waals surface area contributed by atoms with E-state index in [1.807, 2.05) is 44.7 Å². The van der Waals surface area contributed by atoms with Crippen molar-refractivity contribution in [3.05, 3.63) is 35.3 Å². The maximum atomic E-state index is 12.4. The van der Waals surface area contributed by atoms with Crippen molar-refractivity contribution in [2.75, 3.05) is 32.8 Å². The summed E-state index contributed by atoms with van der Waals surface area (Å²) in [7, 11) is 0. The third kappa shape index (κ3) is 5.08. The summed E-state index contributed by atoms with van der Waals surface area (Å²) in [4.78, 5) is 21.6. The highest BCUT2D eigenvalue weighted by Gasteiger charge is 2.29. The highest BCUT2D eigenvalue weighted by Crippen LogP contribution is 2.26. The van der Waals surface area contributed by atoms with Gasteiger partial charge in [0.25, 0.3) is 0 Å². The van der Waals surface area contributed by atoms with Gasteiger partial charge in [-0.1, -0.05) is 20.8 Å². The van der Waals surface area contributed by atoms with Crippen LogP contribution >= 0.6 is 11.3 Å². The molecule has 1 amide bonds. The van der Waals surface area contributed by atoms with Crippen molar-refractivity contribution >= 4 is 17.2 Å². The molecule has 2 aromatic rings. The second-order valence-corrected chi connectivity index (χ2v) is 8.78. The minimum atomic E-state index is -0.302. The molecule has 1 fully saturated rings. The first-order valence-corrected chi connectivity index (χ1v) is 10.4. The normalized spacial score (nSPS) is 15.8. The number of ether oxygens (including phenoxy) is 1. The average molecular weight is 388 g/mol. The van der Waals surface area contributed by atoms with Gasteiger partial charge in [0.15, 0.2) is 0 Å². The number of benzene rings is 1. The molecule has 1 saturated heterocycles. The first kappa shape index (κ1) is 19.8. The second kappa shape index (κ2) is 8.40. The summed E-state index contributed by atoms with van der Waals surface area (Å²) >= 11 is 1.68. The van der Waals surface area contributed by atoms with Crippen LogP contribution < -0.4 is 4.74 Å². The quantitative estimate of drug-likeness (QED) is 0.781. The van der Waals surface area contributed by atoms with E-state index in [0.29, 0.717) is 6.61 Å². The number of nitrogens with zero attached hydrogens (tertiary/aromatic N) is 3. The number of amides is 1. The summed E-state index contributed by atoms with van der Waals surface area (Å²) in [5.74, 6) is 1.13. The van der Waals surface area contributed by atoms with Crippen molar-refractivity contribution in [1.29, 1.82) is 0 Å². The number of carbonyl (C=O) groups excluding carboxylic acids is 1. The van der Waals surface area contributed by atoms with Gasteiger partial charge in [0.1, 0.15) is 10.8 Å². The third-order valence-electron chi connectivity index (χ3n) is 4.65. The maximum Gasteiger partial charge on any atom is 0.228 e. The SMILES string of the molecule is CCOc1ccc(-c2nc(CN3CCN(C(=O)C(C)(C)C)CC3)cs2)cc1. The van der Waals surface area contributed by atoms with Crippen molar-refractivity contribution in [2.24, 2.45) is 5.41 Å². The van der Waals surface area contributed by atoms with Gasteiger partial charge in [0.05, 0.1) is 12.3 Å². The van der Waals surface area contributed by atoms with Crippen LogP contribution in [0.2, 0.25) is 0 Å². The molecule has 0 N–H and O–H groups in total. The highest BCUT2D eigenvalue weighted by molar-refractivity contribution is 7.13. The molecular formula is C21H29N3O2S. The Hall–Kier alpha value is -1.92. The fourth-order valence-electron chi connectivity index (χ4n) is 3.19. The molecule has 0 saturated carbocycles. The lowest BCUT2D eigenvalue weighted by Crippen LogP contribution is -2.51. The standard InChI is InChI=1S/C21H29N3O2S/c1-5-26-18-8-6-16(7-9-18)19-22-17(15-27-19)14-23-10-12-24(13-11-23)20(25)21(2,3)4/h6-9,15H,5,10-14H2,1-4H3. The topological polar surface area (TPSA) is 45.7 Å². The average Bonchev–Trinajstić information content (AvgIpc) is 3.10. The molecule has 27 heavy (non-hydrogen) atoms. The Morgan fingerprint density at radius 2 is 1.81 bits per heavy atom. The minimum absolute atomic E-state index is 0.244. The fraction of sp³-hybridized carbons (Fsp3) is 0.524. The summed E-state index contributed by atoms with van der Waals surface area (Å²) in [6.07, 6.45) is 0. The van der Waals surface area contributed by atoms with Crippen LogP contribution in [-0.2, 0) is 11.3 Å². The summed E-state index contributed by atoms with van der Waals surface area (Å²) in [6, 6.07) is 8.10. The molecule has 0 unspecified atom stereocenters. The summed E-state index contributed by atoms with van der Waals surface area (Å²) < 4.78 is 5.50. The van der Waals surface area contributed by atoms with Crippen LogP contribution in [0, 0.1) is 5.41 Å². The molecule has 3 rings (SSSR count). The smallest absolute Gasteiger partial charge is 0.228 e. The van der Waals surface area contributed by atoms with Crippen LogP contribution in [-0.4, -0.2) is 53.5 Å². The zero-order valence-electron chi connectivity index (χ0n) is 16.7. The summed E-state index contributed by atoms with van der Waals surface area (Å²) in [6.45, 7) is 12.9. The molecule has 1 aliphatic rings. The van der Waals surface area contributed by atoms with Gasteiger partial charge >= 0.3 is 0 Å². The first-order chi connectivity index (χ1) is 12.9. The zero-order chi connectivity index (χ0) is 19.4. The molecular weight excluding hydrogens is 358 g/mol. The Labute approximate surface area is 166 Å². The van der Waals surface area contributed by atoms with E-state index < -0.39 is 0 Å². The second-order valence-electron chi connectivity index (χ2n) is 7.92. The van der Waals surface area contributed by atoms with Crippen molar-refractivity contribution in [2.45, 2.75) is 34.2 Å². The van der Waals surface area contributed by atoms with E-state index >= 15 is 0 Å². The Bertz CT molecular complexity index is 756. The van der Waals surface area contributed by atoms with Crippen LogP contribution in [0.15, 0.2) is 29.6 Å². The molecule has 1 aliphatic heterocycles. The van der Waals surface area contributed by atoms with Gasteiger partial charge in [-0.2, -0.15) is 0 Å². The molecule has 1 aromatic heterocycles. The molecule has 6 heteroatoms. The number of thiazole rings is 1. The molecule has 0 atom stereocenters. The lowest BCUT2D eigenvalue weighted by Gasteiger charge is -2.37. The van der Waals surface area contributed by atoms with Gasteiger partial charge in [-0.25, -0.2) is 4.98 Å². The molecule has 0 radical (unpaired) electrons. The van der Waals surface area contributed by atoms with Gasteiger partial charge in [0.2, 0.25) is 5.91 Å². The first-order valence-electron chi connectivity index (χ1n) is 9.56. The summed E-state index contributed by atoms with van der Waals surface area (Å²) in [5.41, 5.74) is 1.92. The number of carbonyl (C=O) groups is 1. The molecule has 2 heterocycles. The zero-order valence-corrected chi connectivity index (χ0v) is 17.5. The van der Waals surface area contributed by atoms with Crippen LogP contribution in [0.4, 0.5) is 0 Å². The van der Waals surface area contributed by atoms with Gasteiger partial charge in [-0.15, -0.1) is 11.3 Å². The highest BCUT2D eigenvalue weighted by atomic mass is 32.1. The lowest BCUT2D eigenvalue weighted by molar-refractivity contribution is -0.141. The van der Waals surface area contributed by atoms with E-state index in [4.69, 9.17) is 9.72 Å². The van der Waals surface area contributed by atoms with Gasteiger partial charge in [-0.3, -0.25) is 9.69 Å². The van der Waals surface area contributed by atoms with E-state index in [2.05, 4.69) is 22.4 Å². The Balaban J connectivity index is 1.55. The number of aromatic nitrogens is 1. The number of rotatable bonds is 5. The largest absolute Gasteiger partial charge is 0.494 e. The Kier molecular flexibility index (Phi) is 6.17. The van der Waals surface area contributed by atoms with Crippen molar-refractivity contribution in [3.8, 4) is 16.3 Å². The molecule has 0 aliphatic carbocycles. The van der Waals surface area contributed by atoms with Gasteiger partial charge < -0.3 is 9.64 Å². The van der Waals surface area contributed by atoms with Gasteiger partial charge in [0, 0.05) is 49.1 Å². The van der Waals surface area contributed by atoms with Crippen LogP contribution in [0.5, 0.6) is 5.75 Å². The maximum absolute atomic E-state index is 12.4. The van der Waals surface area contributed by atoms with E-state index in [-0.39, 0.29) is 11.3 Å². The number of hydrogen-bond donors (Lipinski definition) is 0. The van der Waals surface area contributed by atoms with E-state index in [1.165, 1.54) is 0 Å². The molecule has 146 valence electrons. The molecule has 0 bridgehead atoms. The van der Waals surface area contributed by atoms with Crippen molar-refractivity contribution in [1.82, 2.24) is 14.8 Å². The fourth-order valence-corrected chi connectivity index (χ4v) is 4.00. The summed E-state index contributed by atoms with van der Waals surface area (Å²) in [5, 5.41) is 3.17. The van der Waals surface area contributed by atoms with Crippen molar-refractivity contribution < 1.29 is 9.53 Å². The molecule has 0 spiro atoms. The molecule has 1 aromatic carbocycles. The lowest BCUT2D eigenvalue weighted by atomic mass is 9.94. The Morgan fingerprint density at radius 1 is 1.15 bits per heavy atom. The monoisotopic (exact) mass is 387 g/mol. The van der Waals surface area contributed by atoms with Crippen LogP contribution in [0.25, 0.3) is 10.6 Å². The number of piperazine rings is 1. The van der Waals surface area contributed by atoms with E-state index in [0.717, 1.165) is 54.7 Å². The number of hydrogen-bond acceptors (Lipinski definition) is 5. The molecule has 5 nitrogen and oxygen atoms in total. The Morgan fingerprint density at radius 3 is 2.41 bits per heavy atom. The van der Waals surface area contributed by atoms with Crippen molar-refractivity contribution in [3.63, 3.8) is 0 Å². The van der Waals surface area contributed by atoms with Gasteiger partial charge in [-0.05, 0) is 31.2 Å². The predicted octanol–water partition coefficient (Wildman–Crippen LogP) is 3.90. The van der Waals surface area contributed by atoms with Crippen LogP contribution in [0.3, 0.4) is 0 Å². The van der Waals surface area contributed by atoms with Crippen LogP contribution in [0.1, 0.15) is 33.4 Å².